The molecule has 0 bridgehead atoms. The molecule has 5 nitrogen and oxygen atoms in total. The van der Waals surface area contributed by atoms with Crippen LogP contribution >= 0.6 is 0 Å². The first kappa shape index (κ1) is 13.7. The highest BCUT2D eigenvalue weighted by molar-refractivity contribution is 5.27. The minimum Gasteiger partial charge on any atom is -0.475 e. The molecule has 1 aromatic rings. The van der Waals surface area contributed by atoms with E-state index in [-0.39, 0.29) is 12.7 Å². The number of hydrogen-bond acceptors (Lipinski definition) is 5. The molecule has 0 radical (unpaired) electrons. The molecular weight excluding hydrogens is 218 g/mol. The second kappa shape index (κ2) is 7.06. The Hall–Kier alpha value is -1.36. The van der Waals surface area contributed by atoms with Crippen molar-refractivity contribution >= 4 is 5.95 Å². The van der Waals surface area contributed by atoms with Gasteiger partial charge in [0.25, 0.3) is 0 Å². The molecule has 0 saturated heterocycles. The van der Waals surface area contributed by atoms with Gasteiger partial charge >= 0.3 is 0 Å². The molecule has 0 fully saturated rings. The molecule has 2 N–H and O–H groups in total. The quantitative estimate of drug-likeness (QED) is 0.758. The molecule has 1 aromatic heterocycles. The summed E-state index contributed by atoms with van der Waals surface area (Å²) in [5, 5.41) is 11.9. The van der Waals surface area contributed by atoms with Crippen molar-refractivity contribution < 1.29 is 9.84 Å². The van der Waals surface area contributed by atoms with Gasteiger partial charge in [-0.3, -0.25) is 0 Å². The zero-order valence-corrected chi connectivity index (χ0v) is 10.7. The van der Waals surface area contributed by atoms with E-state index < -0.39 is 0 Å². The van der Waals surface area contributed by atoms with E-state index in [4.69, 9.17) is 9.84 Å². The maximum Gasteiger partial charge on any atom is 0.225 e. The van der Waals surface area contributed by atoms with Gasteiger partial charge < -0.3 is 15.2 Å². The number of aliphatic hydroxyl groups is 1. The fourth-order valence-corrected chi connectivity index (χ4v) is 1.32. The summed E-state index contributed by atoms with van der Waals surface area (Å²) in [5.41, 5.74) is 0. The van der Waals surface area contributed by atoms with Crippen LogP contribution in [0.4, 0.5) is 5.95 Å². The molecule has 1 unspecified atom stereocenters. The van der Waals surface area contributed by atoms with Crippen LogP contribution in [0.3, 0.4) is 0 Å². The summed E-state index contributed by atoms with van der Waals surface area (Å²) in [6.45, 7) is 6.93. The van der Waals surface area contributed by atoms with E-state index in [0.717, 1.165) is 13.0 Å². The zero-order valence-electron chi connectivity index (χ0n) is 10.7. The average molecular weight is 239 g/mol. The van der Waals surface area contributed by atoms with Gasteiger partial charge in [0.15, 0.2) is 0 Å². The molecule has 0 aliphatic heterocycles. The Balaban J connectivity index is 2.48. The number of nitrogens with zero attached hydrogens (tertiary/aromatic N) is 2. The van der Waals surface area contributed by atoms with Crippen molar-refractivity contribution in [2.75, 3.05) is 18.5 Å². The van der Waals surface area contributed by atoms with E-state index >= 15 is 0 Å². The smallest absolute Gasteiger partial charge is 0.225 e. The van der Waals surface area contributed by atoms with Crippen molar-refractivity contribution in [3.05, 3.63) is 12.3 Å². The number of hydrogen-bond donors (Lipinski definition) is 2. The summed E-state index contributed by atoms with van der Waals surface area (Å²) in [6.07, 6.45) is 2.55. The second-order valence-electron chi connectivity index (χ2n) is 4.38. The topological polar surface area (TPSA) is 67.3 Å². The van der Waals surface area contributed by atoms with Gasteiger partial charge in [0, 0.05) is 25.4 Å². The van der Waals surface area contributed by atoms with E-state index in [1.807, 2.05) is 13.8 Å². The highest BCUT2D eigenvalue weighted by atomic mass is 16.5. The molecule has 96 valence electrons. The Morgan fingerprint density at radius 2 is 2.18 bits per heavy atom. The van der Waals surface area contributed by atoms with Crippen LogP contribution in [0.25, 0.3) is 0 Å². The van der Waals surface area contributed by atoms with Crippen LogP contribution in [-0.2, 0) is 0 Å². The van der Waals surface area contributed by atoms with Gasteiger partial charge in [0.1, 0.15) is 0 Å². The first-order chi connectivity index (χ1) is 8.11. The van der Waals surface area contributed by atoms with Gasteiger partial charge in [0.2, 0.25) is 11.8 Å². The number of ether oxygens (including phenoxy) is 1. The predicted octanol–water partition coefficient (Wildman–Crippen LogP) is 1.69. The van der Waals surface area contributed by atoms with E-state index in [0.29, 0.717) is 17.7 Å². The van der Waals surface area contributed by atoms with Gasteiger partial charge in [-0.2, -0.15) is 4.98 Å². The first-order valence-corrected chi connectivity index (χ1v) is 5.96. The van der Waals surface area contributed by atoms with E-state index in [1.165, 1.54) is 0 Å². The third kappa shape index (κ3) is 5.49. The highest BCUT2D eigenvalue weighted by Gasteiger charge is 2.04. The summed E-state index contributed by atoms with van der Waals surface area (Å²) in [4.78, 5) is 8.35. The molecule has 0 amide bonds. The maximum absolute atomic E-state index is 8.80. The summed E-state index contributed by atoms with van der Waals surface area (Å²) >= 11 is 0. The third-order valence-corrected chi connectivity index (χ3v) is 2.22. The zero-order chi connectivity index (χ0) is 12.7. The average Bonchev–Trinajstić information content (AvgIpc) is 2.26. The minimum atomic E-state index is 0.103. The number of nitrogens with one attached hydrogen (secondary N) is 1. The monoisotopic (exact) mass is 239 g/mol. The lowest BCUT2D eigenvalue weighted by Gasteiger charge is -2.12. The summed E-state index contributed by atoms with van der Waals surface area (Å²) in [5.74, 6) is 1.53. The minimum absolute atomic E-state index is 0.103. The number of aliphatic hydroxyl groups excluding tert-OH is 1. The van der Waals surface area contributed by atoms with E-state index in [1.54, 1.807) is 12.3 Å². The Morgan fingerprint density at radius 3 is 2.82 bits per heavy atom. The second-order valence-corrected chi connectivity index (χ2v) is 4.38. The van der Waals surface area contributed by atoms with Crippen molar-refractivity contribution in [3.63, 3.8) is 0 Å². The molecule has 17 heavy (non-hydrogen) atoms. The van der Waals surface area contributed by atoms with Gasteiger partial charge in [-0.15, -0.1) is 0 Å². The molecule has 1 atom stereocenters. The molecule has 0 spiro atoms. The number of rotatable bonds is 7. The largest absolute Gasteiger partial charge is 0.475 e. The lowest BCUT2D eigenvalue weighted by molar-refractivity contribution is 0.232. The number of aromatic nitrogens is 2. The van der Waals surface area contributed by atoms with Crippen LogP contribution < -0.4 is 10.1 Å². The predicted molar refractivity (Wildman–Crippen MR) is 67.2 cm³/mol. The van der Waals surface area contributed by atoms with Gasteiger partial charge in [-0.05, 0) is 26.2 Å². The summed E-state index contributed by atoms with van der Waals surface area (Å²) in [6, 6.07) is 1.74. The van der Waals surface area contributed by atoms with Crippen molar-refractivity contribution in [1.29, 1.82) is 0 Å². The molecule has 1 heterocycles. The molecule has 0 aromatic carbocycles. The Labute approximate surface area is 102 Å². The molecule has 0 saturated carbocycles. The molecular formula is C12H21N3O2. The van der Waals surface area contributed by atoms with E-state index in [9.17, 15) is 0 Å². The molecule has 1 rings (SSSR count). The van der Waals surface area contributed by atoms with Crippen LogP contribution in [0.15, 0.2) is 12.3 Å². The normalized spacial score (nSPS) is 12.5. The van der Waals surface area contributed by atoms with Gasteiger partial charge in [-0.25, -0.2) is 4.98 Å². The van der Waals surface area contributed by atoms with Gasteiger partial charge in [0.05, 0.1) is 6.10 Å². The number of anilines is 1. The molecule has 0 aliphatic rings. The van der Waals surface area contributed by atoms with Crippen LogP contribution in [0.1, 0.15) is 27.2 Å². The van der Waals surface area contributed by atoms with E-state index in [2.05, 4.69) is 22.2 Å². The maximum atomic E-state index is 8.80. The Morgan fingerprint density at radius 1 is 1.41 bits per heavy atom. The fourth-order valence-electron chi connectivity index (χ4n) is 1.32. The Kier molecular flexibility index (Phi) is 5.69. The lowest BCUT2D eigenvalue weighted by Crippen LogP contribution is -2.15. The fraction of sp³-hybridized carbons (Fsp3) is 0.667. The van der Waals surface area contributed by atoms with Crippen LogP contribution in [-0.4, -0.2) is 34.3 Å². The third-order valence-electron chi connectivity index (χ3n) is 2.22. The van der Waals surface area contributed by atoms with Crippen molar-refractivity contribution in [2.24, 2.45) is 5.92 Å². The first-order valence-electron chi connectivity index (χ1n) is 5.96. The van der Waals surface area contributed by atoms with Crippen molar-refractivity contribution in [1.82, 2.24) is 9.97 Å². The molecule has 0 aliphatic carbocycles. The SMILES string of the molecule is CC(CCO)CNc1nccc(OC(C)C)n1. The molecule has 5 heteroatoms. The van der Waals surface area contributed by atoms with Crippen LogP contribution in [0, 0.1) is 5.92 Å². The van der Waals surface area contributed by atoms with Crippen LogP contribution in [0.2, 0.25) is 0 Å². The van der Waals surface area contributed by atoms with Crippen LogP contribution in [0.5, 0.6) is 5.88 Å². The highest BCUT2D eigenvalue weighted by Crippen LogP contribution is 2.11. The lowest BCUT2D eigenvalue weighted by atomic mass is 10.1. The Bertz CT molecular complexity index is 331. The van der Waals surface area contributed by atoms with Crippen molar-refractivity contribution in [2.45, 2.75) is 33.3 Å². The summed E-state index contributed by atoms with van der Waals surface area (Å²) in [7, 11) is 0. The van der Waals surface area contributed by atoms with Crippen molar-refractivity contribution in [3.8, 4) is 5.88 Å². The standard InChI is InChI=1S/C12H21N3O2/c1-9(2)17-11-4-6-13-12(15-11)14-8-10(3)5-7-16/h4,6,9-10,16H,5,7-8H2,1-3H3,(H,13,14,15). The van der Waals surface area contributed by atoms with Gasteiger partial charge in [-0.1, -0.05) is 6.92 Å². The summed E-state index contributed by atoms with van der Waals surface area (Å²) < 4.78 is 5.48.